The van der Waals surface area contributed by atoms with Crippen molar-refractivity contribution in [3.63, 3.8) is 0 Å². The largest absolute Gasteiger partial charge is 0.488 e. The highest BCUT2D eigenvalue weighted by molar-refractivity contribution is 9.08. The number of hydrogen-bond acceptors (Lipinski definition) is 4. The van der Waals surface area contributed by atoms with E-state index in [2.05, 4.69) is 20.9 Å². The fraction of sp³-hybridized carbons (Fsp3) is 0.688. The molecule has 21 heavy (non-hydrogen) atoms. The Labute approximate surface area is 134 Å². The summed E-state index contributed by atoms with van der Waals surface area (Å²) in [5.74, 6) is 0.895. The molecule has 0 aromatic carbocycles. The first-order chi connectivity index (χ1) is 10.2. The standard InChI is InChI=1S/C16H22BrNO3/c1-12-2-3-15(14(11-17)18-12)21-13-4-7-20-16(10-13)5-8-19-9-6-16/h2-3,13H,4-11H2,1H3. The summed E-state index contributed by atoms with van der Waals surface area (Å²) >= 11 is 3.49. The Morgan fingerprint density at radius 3 is 2.90 bits per heavy atom. The second kappa shape index (κ2) is 6.63. The van der Waals surface area contributed by atoms with Crippen LogP contribution in [0, 0.1) is 6.92 Å². The zero-order chi connectivity index (χ0) is 14.7. The normalized spacial score (nSPS) is 25.0. The van der Waals surface area contributed by atoms with E-state index in [9.17, 15) is 0 Å². The van der Waals surface area contributed by atoms with Crippen molar-refractivity contribution in [3.05, 3.63) is 23.5 Å². The first-order valence-electron chi connectivity index (χ1n) is 7.62. The van der Waals surface area contributed by atoms with Crippen LogP contribution in [0.15, 0.2) is 12.1 Å². The summed E-state index contributed by atoms with van der Waals surface area (Å²) in [4.78, 5) is 4.54. The van der Waals surface area contributed by atoms with Gasteiger partial charge in [0.15, 0.2) is 0 Å². The van der Waals surface area contributed by atoms with E-state index in [0.717, 1.165) is 62.6 Å². The highest BCUT2D eigenvalue weighted by Crippen LogP contribution is 2.36. The molecule has 1 atom stereocenters. The number of nitrogens with zero attached hydrogens (tertiary/aromatic N) is 1. The van der Waals surface area contributed by atoms with Crippen LogP contribution >= 0.6 is 15.9 Å². The lowest BCUT2D eigenvalue weighted by Gasteiger charge is -2.43. The Morgan fingerprint density at radius 2 is 2.14 bits per heavy atom. The summed E-state index contributed by atoms with van der Waals surface area (Å²) in [5, 5.41) is 0.715. The van der Waals surface area contributed by atoms with Gasteiger partial charge in [0, 0.05) is 37.1 Å². The first kappa shape index (κ1) is 15.3. The molecule has 4 nitrogen and oxygen atoms in total. The van der Waals surface area contributed by atoms with Crippen molar-refractivity contribution in [2.24, 2.45) is 0 Å². The van der Waals surface area contributed by atoms with Gasteiger partial charge in [-0.2, -0.15) is 0 Å². The number of hydrogen-bond donors (Lipinski definition) is 0. The average Bonchev–Trinajstić information content (AvgIpc) is 2.50. The zero-order valence-corrected chi connectivity index (χ0v) is 14.0. The number of pyridine rings is 1. The lowest BCUT2D eigenvalue weighted by Crippen LogP contribution is -2.47. The van der Waals surface area contributed by atoms with Crippen LogP contribution in [0.3, 0.4) is 0 Å². The van der Waals surface area contributed by atoms with Gasteiger partial charge in [-0.3, -0.25) is 4.98 Å². The van der Waals surface area contributed by atoms with Gasteiger partial charge in [0.2, 0.25) is 0 Å². The average molecular weight is 356 g/mol. The smallest absolute Gasteiger partial charge is 0.142 e. The predicted octanol–water partition coefficient (Wildman–Crippen LogP) is 3.39. The van der Waals surface area contributed by atoms with Crippen molar-refractivity contribution in [1.82, 2.24) is 4.98 Å². The molecule has 0 N–H and O–H groups in total. The first-order valence-corrected chi connectivity index (χ1v) is 8.74. The second-order valence-electron chi connectivity index (χ2n) is 5.91. The van der Waals surface area contributed by atoms with Gasteiger partial charge >= 0.3 is 0 Å². The minimum Gasteiger partial charge on any atom is -0.488 e. The van der Waals surface area contributed by atoms with E-state index in [1.165, 1.54) is 0 Å². The summed E-state index contributed by atoms with van der Waals surface area (Å²) in [6.45, 7) is 4.37. The maximum Gasteiger partial charge on any atom is 0.142 e. The SMILES string of the molecule is Cc1ccc(OC2CCOC3(CCOCC3)C2)c(CBr)n1. The lowest BCUT2D eigenvalue weighted by molar-refractivity contribution is -0.155. The van der Waals surface area contributed by atoms with Crippen molar-refractivity contribution in [3.8, 4) is 5.75 Å². The molecule has 3 rings (SSSR count). The number of rotatable bonds is 3. The highest BCUT2D eigenvalue weighted by Gasteiger charge is 2.40. The molecule has 1 aromatic heterocycles. The molecule has 1 spiro atoms. The molecule has 0 aliphatic carbocycles. The molecule has 5 heteroatoms. The van der Waals surface area contributed by atoms with Crippen LogP contribution in [0.4, 0.5) is 0 Å². The molecule has 3 heterocycles. The number of alkyl halides is 1. The van der Waals surface area contributed by atoms with Crippen LogP contribution < -0.4 is 4.74 Å². The van der Waals surface area contributed by atoms with Crippen LogP contribution in [-0.2, 0) is 14.8 Å². The van der Waals surface area contributed by atoms with Crippen LogP contribution in [0.1, 0.15) is 37.1 Å². The van der Waals surface area contributed by atoms with E-state index in [-0.39, 0.29) is 11.7 Å². The Morgan fingerprint density at radius 1 is 1.33 bits per heavy atom. The highest BCUT2D eigenvalue weighted by atomic mass is 79.9. The molecular weight excluding hydrogens is 334 g/mol. The Bertz CT molecular complexity index is 483. The molecule has 0 saturated carbocycles. The maximum absolute atomic E-state index is 6.25. The number of aryl methyl sites for hydroxylation is 1. The fourth-order valence-electron chi connectivity index (χ4n) is 3.16. The molecule has 1 unspecified atom stereocenters. The molecular formula is C16H22BrNO3. The summed E-state index contributed by atoms with van der Waals surface area (Å²) in [6, 6.07) is 4.04. The Hall–Kier alpha value is -0.650. The van der Waals surface area contributed by atoms with E-state index >= 15 is 0 Å². The number of aromatic nitrogens is 1. The van der Waals surface area contributed by atoms with Crippen LogP contribution in [0.2, 0.25) is 0 Å². The van der Waals surface area contributed by atoms with Crippen LogP contribution in [-0.4, -0.2) is 36.5 Å². The molecule has 2 saturated heterocycles. The topological polar surface area (TPSA) is 40.6 Å². The lowest BCUT2D eigenvalue weighted by atomic mass is 9.85. The minimum atomic E-state index is -0.0339. The van der Waals surface area contributed by atoms with E-state index in [4.69, 9.17) is 14.2 Å². The second-order valence-corrected chi connectivity index (χ2v) is 6.47. The van der Waals surface area contributed by atoms with Crippen molar-refractivity contribution in [2.75, 3.05) is 19.8 Å². The molecule has 2 aliphatic rings. The van der Waals surface area contributed by atoms with E-state index < -0.39 is 0 Å². The van der Waals surface area contributed by atoms with E-state index in [1.807, 2.05) is 19.1 Å². The summed E-state index contributed by atoms with van der Waals surface area (Å²) < 4.78 is 17.8. The van der Waals surface area contributed by atoms with Gasteiger partial charge in [-0.05, 0) is 31.9 Å². The molecule has 2 fully saturated rings. The number of halogens is 1. The minimum absolute atomic E-state index is 0.0339. The quantitative estimate of drug-likeness (QED) is 0.779. The van der Waals surface area contributed by atoms with Gasteiger partial charge in [-0.1, -0.05) is 15.9 Å². The maximum atomic E-state index is 6.25. The van der Waals surface area contributed by atoms with E-state index in [0.29, 0.717) is 5.33 Å². The molecule has 1 aromatic rings. The van der Waals surface area contributed by atoms with Crippen molar-refractivity contribution >= 4 is 15.9 Å². The van der Waals surface area contributed by atoms with Crippen LogP contribution in [0.25, 0.3) is 0 Å². The third-order valence-corrected chi connectivity index (χ3v) is 4.87. The van der Waals surface area contributed by atoms with Gasteiger partial charge in [-0.15, -0.1) is 0 Å². The number of ether oxygens (including phenoxy) is 3. The molecule has 0 bridgehead atoms. The van der Waals surface area contributed by atoms with Gasteiger partial charge in [0.05, 0.1) is 17.9 Å². The van der Waals surface area contributed by atoms with E-state index in [1.54, 1.807) is 0 Å². The molecule has 2 aliphatic heterocycles. The monoisotopic (exact) mass is 355 g/mol. The Balaban J connectivity index is 1.70. The van der Waals surface area contributed by atoms with Gasteiger partial charge in [0.1, 0.15) is 11.9 Å². The fourth-order valence-corrected chi connectivity index (χ4v) is 3.56. The van der Waals surface area contributed by atoms with Gasteiger partial charge in [-0.25, -0.2) is 0 Å². The molecule has 0 radical (unpaired) electrons. The van der Waals surface area contributed by atoms with Crippen molar-refractivity contribution < 1.29 is 14.2 Å². The third-order valence-electron chi connectivity index (χ3n) is 4.34. The summed E-state index contributed by atoms with van der Waals surface area (Å²) in [5.41, 5.74) is 1.96. The van der Waals surface area contributed by atoms with Crippen molar-refractivity contribution in [1.29, 1.82) is 0 Å². The molecule has 0 amide bonds. The van der Waals surface area contributed by atoms with Crippen LogP contribution in [0.5, 0.6) is 5.75 Å². The zero-order valence-electron chi connectivity index (χ0n) is 12.4. The van der Waals surface area contributed by atoms with Crippen molar-refractivity contribution in [2.45, 2.75) is 49.6 Å². The summed E-state index contributed by atoms with van der Waals surface area (Å²) in [6.07, 6.45) is 4.05. The summed E-state index contributed by atoms with van der Waals surface area (Å²) in [7, 11) is 0. The van der Waals surface area contributed by atoms with Gasteiger partial charge < -0.3 is 14.2 Å². The van der Waals surface area contributed by atoms with Gasteiger partial charge in [0.25, 0.3) is 0 Å². The Kier molecular flexibility index (Phi) is 4.82. The molecule has 116 valence electrons. The third kappa shape index (κ3) is 3.58. The predicted molar refractivity (Wildman–Crippen MR) is 84.0 cm³/mol.